The van der Waals surface area contributed by atoms with Crippen molar-refractivity contribution in [3.8, 4) is 11.8 Å². The Labute approximate surface area is 152 Å². The highest BCUT2D eigenvalue weighted by Gasteiger charge is 2.18. The van der Waals surface area contributed by atoms with E-state index < -0.39 is 28.3 Å². The maximum Gasteiger partial charge on any atom is 0.271 e. The molecule has 0 heterocycles. The van der Waals surface area contributed by atoms with Gasteiger partial charge >= 0.3 is 0 Å². The molecule has 26 heavy (non-hydrogen) atoms. The van der Waals surface area contributed by atoms with E-state index >= 15 is 0 Å². The Morgan fingerprint density at radius 3 is 2.73 bits per heavy atom. The van der Waals surface area contributed by atoms with Crippen LogP contribution in [0.15, 0.2) is 42.5 Å². The number of fused-ring (bicyclic) bond motifs is 1. The highest BCUT2D eigenvalue weighted by molar-refractivity contribution is 7.89. The number of rotatable bonds is 6. The van der Waals surface area contributed by atoms with E-state index in [-0.39, 0.29) is 5.56 Å². The molecule has 0 saturated carbocycles. The van der Waals surface area contributed by atoms with Crippen LogP contribution in [-0.4, -0.2) is 20.9 Å². The Kier molecular flexibility index (Phi) is 5.24. The van der Waals surface area contributed by atoms with Crippen LogP contribution in [0.3, 0.4) is 0 Å². The molecule has 1 aliphatic carbocycles. The molecule has 0 unspecified atom stereocenters. The van der Waals surface area contributed by atoms with E-state index in [2.05, 4.69) is 0 Å². The van der Waals surface area contributed by atoms with Gasteiger partial charge in [-0.25, -0.2) is 13.1 Å². The summed E-state index contributed by atoms with van der Waals surface area (Å²) < 4.78 is 31.7. The van der Waals surface area contributed by atoms with Crippen LogP contribution in [0.2, 0.25) is 0 Å². The standard InChI is InChI=1S/C19H18N2O4S/c20-11-16-4-1-2-5-17(16)13-26(23,24)21-19(22)12-25-18-9-8-14-6-3-7-15(14)10-18/h1-2,4-5,8-10H,3,6-7,12-13H2,(H,21,22). The summed E-state index contributed by atoms with van der Waals surface area (Å²) in [6, 6.07) is 14.0. The SMILES string of the molecule is N#Cc1ccccc1CS(=O)(=O)NC(=O)COc1ccc2c(c1)CCC2. The van der Waals surface area contributed by atoms with E-state index in [1.54, 1.807) is 24.3 Å². The molecule has 6 nitrogen and oxygen atoms in total. The Balaban J connectivity index is 1.58. The number of amides is 1. The molecule has 1 aliphatic rings. The van der Waals surface area contributed by atoms with E-state index in [9.17, 15) is 13.2 Å². The van der Waals surface area contributed by atoms with Crippen molar-refractivity contribution in [1.82, 2.24) is 4.72 Å². The van der Waals surface area contributed by atoms with Crippen LogP contribution >= 0.6 is 0 Å². The molecule has 0 radical (unpaired) electrons. The van der Waals surface area contributed by atoms with Crippen LogP contribution in [-0.2, 0) is 33.4 Å². The number of hydrogen-bond acceptors (Lipinski definition) is 5. The van der Waals surface area contributed by atoms with Gasteiger partial charge in [-0.05, 0) is 54.2 Å². The average Bonchev–Trinajstić information content (AvgIpc) is 3.07. The van der Waals surface area contributed by atoms with Crippen molar-refractivity contribution in [1.29, 1.82) is 5.26 Å². The summed E-state index contributed by atoms with van der Waals surface area (Å²) >= 11 is 0. The Morgan fingerprint density at radius 2 is 1.92 bits per heavy atom. The molecule has 2 aromatic carbocycles. The summed E-state index contributed by atoms with van der Waals surface area (Å²) in [6.07, 6.45) is 3.16. The molecule has 3 rings (SSSR count). The van der Waals surface area contributed by atoms with Gasteiger partial charge in [0, 0.05) is 0 Å². The lowest BCUT2D eigenvalue weighted by Crippen LogP contribution is -2.35. The van der Waals surface area contributed by atoms with E-state index in [0.29, 0.717) is 11.3 Å². The minimum Gasteiger partial charge on any atom is -0.484 e. The number of benzene rings is 2. The number of hydrogen-bond donors (Lipinski definition) is 1. The van der Waals surface area contributed by atoms with E-state index in [1.807, 2.05) is 22.9 Å². The van der Waals surface area contributed by atoms with Crippen LogP contribution in [0.1, 0.15) is 28.7 Å². The molecule has 2 aromatic rings. The van der Waals surface area contributed by atoms with Gasteiger partial charge in [0.15, 0.2) is 6.61 Å². The first-order valence-electron chi connectivity index (χ1n) is 8.23. The maximum atomic E-state index is 12.1. The van der Waals surface area contributed by atoms with Gasteiger partial charge in [-0.2, -0.15) is 5.26 Å². The summed E-state index contributed by atoms with van der Waals surface area (Å²) in [4.78, 5) is 11.9. The van der Waals surface area contributed by atoms with Crippen molar-refractivity contribution in [3.05, 3.63) is 64.7 Å². The zero-order chi connectivity index (χ0) is 18.6. The predicted molar refractivity (Wildman–Crippen MR) is 95.9 cm³/mol. The summed E-state index contributed by atoms with van der Waals surface area (Å²) in [6.45, 7) is -0.391. The third-order valence-electron chi connectivity index (χ3n) is 4.19. The largest absolute Gasteiger partial charge is 0.484 e. The number of nitrogens with zero attached hydrogens (tertiary/aromatic N) is 1. The maximum absolute atomic E-state index is 12.1. The highest BCUT2D eigenvalue weighted by Crippen LogP contribution is 2.25. The molecule has 1 N–H and O–H groups in total. The van der Waals surface area contributed by atoms with Crippen molar-refractivity contribution < 1.29 is 17.9 Å². The first-order chi connectivity index (χ1) is 12.5. The van der Waals surface area contributed by atoms with E-state index in [4.69, 9.17) is 10.00 Å². The quantitative estimate of drug-likeness (QED) is 0.840. The fourth-order valence-corrected chi connectivity index (χ4v) is 4.12. The first kappa shape index (κ1) is 18.0. The van der Waals surface area contributed by atoms with Crippen molar-refractivity contribution in [2.75, 3.05) is 6.61 Å². The Bertz CT molecular complexity index is 977. The summed E-state index contributed by atoms with van der Waals surface area (Å²) in [7, 11) is -3.91. The van der Waals surface area contributed by atoms with Crippen molar-refractivity contribution in [2.24, 2.45) is 0 Å². The normalized spacial score (nSPS) is 12.9. The van der Waals surface area contributed by atoms with Gasteiger partial charge < -0.3 is 4.74 Å². The van der Waals surface area contributed by atoms with Crippen LogP contribution in [0, 0.1) is 11.3 Å². The number of nitrogens with one attached hydrogen (secondary N) is 1. The molecular weight excluding hydrogens is 352 g/mol. The lowest BCUT2D eigenvalue weighted by atomic mass is 10.1. The number of carbonyl (C=O) groups excluding carboxylic acids is 1. The number of aryl methyl sites for hydroxylation is 2. The van der Waals surface area contributed by atoms with Gasteiger partial charge in [-0.3, -0.25) is 4.79 Å². The second-order valence-corrected chi connectivity index (χ2v) is 7.85. The monoisotopic (exact) mass is 370 g/mol. The third kappa shape index (κ3) is 4.41. The molecule has 7 heteroatoms. The van der Waals surface area contributed by atoms with Crippen LogP contribution in [0.4, 0.5) is 0 Å². The van der Waals surface area contributed by atoms with Crippen molar-refractivity contribution >= 4 is 15.9 Å². The molecule has 0 aliphatic heterocycles. The van der Waals surface area contributed by atoms with Crippen LogP contribution in [0.25, 0.3) is 0 Å². The predicted octanol–water partition coefficient (Wildman–Crippen LogP) is 2.07. The molecule has 0 spiro atoms. The Hall–Kier alpha value is -2.85. The van der Waals surface area contributed by atoms with E-state index in [1.165, 1.54) is 17.2 Å². The number of ether oxygens (including phenoxy) is 1. The van der Waals surface area contributed by atoms with Crippen molar-refractivity contribution in [3.63, 3.8) is 0 Å². The smallest absolute Gasteiger partial charge is 0.271 e. The minimum absolute atomic E-state index is 0.264. The number of carbonyl (C=O) groups is 1. The van der Waals surface area contributed by atoms with Crippen LogP contribution in [0.5, 0.6) is 5.75 Å². The second kappa shape index (κ2) is 7.58. The fourth-order valence-electron chi connectivity index (χ4n) is 2.99. The zero-order valence-electron chi connectivity index (χ0n) is 14.1. The van der Waals surface area contributed by atoms with Crippen LogP contribution < -0.4 is 9.46 Å². The van der Waals surface area contributed by atoms with Gasteiger partial charge in [0.2, 0.25) is 10.0 Å². The zero-order valence-corrected chi connectivity index (χ0v) is 14.9. The van der Waals surface area contributed by atoms with Crippen molar-refractivity contribution in [2.45, 2.75) is 25.0 Å². The van der Waals surface area contributed by atoms with Gasteiger partial charge in [0.25, 0.3) is 5.91 Å². The topological polar surface area (TPSA) is 96.3 Å². The molecule has 0 atom stereocenters. The van der Waals surface area contributed by atoms with E-state index in [0.717, 1.165) is 19.3 Å². The van der Waals surface area contributed by atoms with Gasteiger partial charge in [0.1, 0.15) is 5.75 Å². The lowest BCUT2D eigenvalue weighted by molar-refractivity contribution is -0.121. The molecular formula is C19H18N2O4S. The van der Waals surface area contributed by atoms with Gasteiger partial charge in [-0.1, -0.05) is 24.3 Å². The summed E-state index contributed by atoms with van der Waals surface area (Å²) in [5.74, 6) is -0.644. The fraction of sp³-hybridized carbons (Fsp3) is 0.263. The molecule has 134 valence electrons. The minimum atomic E-state index is -3.91. The second-order valence-electron chi connectivity index (χ2n) is 6.13. The molecule has 0 saturated heterocycles. The third-order valence-corrected chi connectivity index (χ3v) is 5.42. The van der Waals surface area contributed by atoms with Gasteiger partial charge in [-0.15, -0.1) is 0 Å². The molecule has 0 fully saturated rings. The summed E-state index contributed by atoms with van der Waals surface area (Å²) in [5, 5.41) is 9.02. The Morgan fingerprint density at radius 1 is 1.15 bits per heavy atom. The van der Waals surface area contributed by atoms with Gasteiger partial charge in [0.05, 0.1) is 17.4 Å². The highest BCUT2D eigenvalue weighted by atomic mass is 32.2. The molecule has 0 aromatic heterocycles. The first-order valence-corrected chi connectivity index (χ1v) is 9.88. The lowest BCUT2D eigenvalue weighted by Gasteiger charge is -2.10. The number of nitriles is 1. The molecule has 0 bridgehead atoms. The molecule has 1 amide bonds. The number of sulfonamides is 1. The average molecular weight is 370 g/mol. The summed E-state index contributed by atoms with van der Waals surface area (Å²) in [5.41, 5.74) is 3.11.